The van der Waals surface area contributed by atoms with Gasteiger partial charge in [-0.3, -0.25) is 4.79 Å². The van der Waals surface area contributed by atoms with Crippen LogP contribution in [0.25, 0.3) is 0 Å². The van der Waals surface area contributed by atoms with E-state index in [9.17, 15) is 9.18 Å². The molecule has 5 heteroatoms. The van der Waals surface area contributed by atoms with Crippen LogP contribution in [0.1, 0.15) is 5.56 Å². The van der Waals surface area contributed by atoms with Crippen LogP contribution in [0.2, 0.25) is 0 Å². The predicted molar refractivity (Wildman–Crippen MR) is 63.4 cm³/mol. The summed E-state index contributed by atoms with van der Waals surface area (Å²) in [6, 6.07) is 6.23. The van der Waals surface area contributed by atoms with E-state index < -0.39 is 0 Å². The van der Waals surface area contributed by atoms with Crippen LogP contribution in [-0.2, 0) is 20.9 Å². The second-order valence-electron chi connectivity index (χ2n) is 4.24. The summed E-state index contributed by atoms with van der Waals surface area (Å²) in [6.07, 6.45) is 0. The molecule has 0 aliphatic carbocycles. The van der Waals surface area contributed by atoms with Gasteiger partial charge in [0.2, 0.25) is 0 Å². The van der Waals surface area contributed by atoms with E-state index in [2.05, 4.69) is 5.32 Å². The minimum Gasteiger partial charge on any atom is -0.460 e. The van der Waals surface area contributed by atoms with Gasteiger partial charge >= 0.3 is 5.97 Å². The lowest BCUT2D eigenvalue weighted by molar-refractivity contribution is -0.150. The Kier molecular flexibility index (Phi) is 4.28. The first-order valence-electron chi connectivity index (χ1n) is 5.87. The Morgan fingerprint density at radius 2 is 2.28 bits per heavy atom. The summed E-state index contributed by atoms with van der Waals surface area (Å²) < 4.78 is 23.7. The number of esters is 1. The van der Waals surface area contributed by atoms with Gasteiger partial charge in [-0.05, 0) is 13.1 Å². The molecule has 0 aromatic heterocycles. The lowest BCUT2D eigenvalue weighted by Crippen LogP contribution is -2.37. The third-order valence-electron chi connectivity index (χ3n) is 3.08. The number of hydrogen-bond donors (Lipinski definition) is 1. The number of rotatable bonds is 4. The highest BCUT2D eigenvalue weighted by Gasteiger charge is 2.34. The molecule has 0 amide bonds. The number of nitrogens with one attached hydrogen (secondary N) is 1. The van der Waals surface area contributed by atoms with Crippen molar-refractivity contribution in [2.24, 2.45) is 5.92 Å². The van der Waals surface area contributed by atoms with Gasteiger partial charge in [0.05, 0.1) is 19.1 Å². The Hall–Kier alpha value is -1.46. The van der Waals surface area contributed by atoms with Gasteiger partial charge in [0, 0.05) is 11.6 Å². The number of carbonyl (C=O) groups is 1. The summed E-state index contributed by atoms with van der Waals surface area (Å²) in [5.74, 6) is -1.03. The quantitative estimate of drug-likeness (QED) is 0.816. The fourth-order valence-electron chi connectivity index (χ4n) is 1.94. The van der Waals surface area contributed by atoms with Crippen molar-refractivity contribution >= 4 is 5.97 Å². The van der Waals surface area contributed by atoms with Gasteiger partial charge in [0.25, 0.3) is 0 Å². The second kappa shape index (κ2) is 5.93. The third-order valence-corrected chi connectivity index (χ3v) is 3.08. The van der Waals surface area contributed by atoms with Crippen molar-refractivity contribution in [1.29, 1.82) is 0 Å². The van der Waals surface area contributed by atoms with Gasteiger partial charge in [0.15, 0.2) is 0 Å². The zero-order chi connectivity index (χ0) is 13.0. The first-order valence-corrected chi connectivity index (χ1v) is 5.87. The largest absolute Gasteiger partial charge is 0.460 e. The molecule has 18 heavy (non-hydrogen) atoms. The Bertz CT molecular complexity index is 424. The molecule has 1 aromatic carbocycles. The third kappa shape index (κ3) is 2.86. The van der Waals surface area contributed by atoms with Gasteiger partial charge in [-0.25, -0.2) is 4.39 Å². The number of benzene rings is 1. The SMILES string of the molecule is CNC1COCC1C(=O)OCc1ccccc1F. The summed E-state index contributed by atoms with van der Waals surface area (Å²) in [5, 5.41) is 3.00. The highest BCUT2D eigenvalue weighted by molar-refractivity contribution is 5.73. The zero-order valence-corrected chi connectivity index (χ0v) is 10.2. The van der Waals surface area contributed by atoms with E-state index in [0.29, 0.717) is 18.8 Å². The molecule has 0 bridgehead atoms. The van der Waals surface area contributed by atoms with Crippen LogP contribution >= 0.6 is 0 Å². The minimum absolute atomic E-state index is 0.0295. The molecular weight excluding hydrogens is 237 g/mol. The van der Waals surface area contributed by atoms with Crippen molar-refractivity contribution in [3.8, 4) is 0 Å². The smallest absolute Gasteiger partial charge is 0.313 e. The molecule has 1 N–H and O–H groups in total. The molecule has 1 saturated heterocycles. The van der Waals surface area contributed by atoms with Crippen molar-refractivity contribution in [2.75, 3.05) is 20.3 Å². The van der Waals surface area contributed by atoms with Gasteiger partial charge in [-0.1, -0.05) is 18.2 Å². The Morgan fingerprint density at radius 3 is 3.00 bits per heavy atom. The van der Waals surface area contributed by atoms with E-state index >= 15 is 0 Å². The maximum atomic E-state index is 13.3. The molecule has 2 unspecified atom stereocenters. The minimum atomic E-state index is -0.363. The average molecular weight is 253 g/mol. The zero-order valence-electron chi connectivity index (χ0n) is 10.2. The topological polar surface area (TPSA) is 47.6 Å². The molecule has 98 valence electrons. The fourth-order valence-corrected chi connectivity index (χ4v) is 1.94. The van der Waals surface area contributed by atoms with E-state index in [1.165, 1.54) is 6.07 Å². The summed E-state index contributed by atoms with van der Waals surface area (Å²) in [5.41, 5.74) is 0.380. The van der Waals surface area contributed by atoms with Crippen LogP contribution < -0.4 is 5.32 Å². The standard InChI is InChI=1S/C13H16FNO3/c1-15-12-8-17-7-10(12)13(16)18-6-9-4-2-3-5-11(9)14/h2-5,10,12,15H,6-8H2,1H3. The van der Waals surface area contributed by atoms with E-state index in [-0.39, 0.29) is 30.4 Å². The molecule has 0 radical (unpaired) electrons. The average Bonchev–Trinajstić information content (AvgIpc) is 2.86. The van der Waals surface area contributed by atoms with Crippen LogP contribution in [0.5, 0.6) is 0 Å². The lowest BCUT2D eigenvalue weighted by Gasteiger charge is -2.15. The van der Waals surface area contributed by atoms with Crippen LogP contribution in [0.3, 0.4) is 0 Å². The molecule has 1 fully saturated rings. The van der Waals surface area contributed by atoms with Crippen molar-refractivity contribution in [2.45, 2.75) is 12.6 Å². The number of halogens is 1. The monoisotopic (exact) mass is 253 g/mol. The molecule has 1 aliphatic rings. The van der Waals surface area contributed by atoms with Crippen LogP contribution in [0, 0.1) is 11.7 Å². The lowest BCUT2D eigenvalue weighted by atomic mass is 10.0. The normalized spacial score (nSPS) is 23.0. The number of likely N-dealkylation sites (N-methyl/N-ethyl adjacent to an activating group) is 1. The van der Waals surface area contributed by atoms with Crippen molar-refractivity contribution < 1.29 is 18.7 Å². The van der Waals surface area contributed by atoms with E-state index in [1.807, 2.05) is 0 Å². The van der Waals surface area contributed by atoms with E-state index in [4.69, 9.17) is 9.47 Å². The molecule has 4 nitrogen and oxygen atoms in total. The van der Waals surface area contributed by atoms with Gasteiger partial charge in [-0.15, -0.1) is 0 Å². The molecule has 0 spiro atoms. The van der Waals surface area contributed by atoms with Gasteiger partial charge in [-0.2, -0.15) is 0 Å². The van der Waals surface area contributed by atoms with Crippen LogP contribution in [0.15, 0.2) is 24.3 Å². The summed E-state index contributed by atoms with van der Waals surface area (Å²) >= 11 is 0. The predicted octanol–water partition coefficient (Wildman–Crippen LogP) is 1.10. The van der Waals surface area contributed by atoms with Crippen molar-refractivity contribution in [3.63, 3.8) is 0 Å². The molecule has 1 aliphatic heterocycles. The molecular formula is C13H16FNO3. The summed E-state index contributed by atoms with van der Waals surface area (Å²) in [7, 11) is 1.77. The van der Waals surface area contributed by atoms with E-state index in [0.717, 1.165) is 0 Å². The first-order chi connectivity index (χ1) is 8.72. The van der Waals surface area contributed by atoms with Crippen molar-refractivity contribution in [1.82, 2.24) is 5.32 Å². The molecule has 1 aromatic rings. The highest BCUT2D eigenvalue weighted by Crippen LogP contribution is 2.16. The summed E-state index contributed by atoms with van der Waals surface area (Å²) in [4.78, 5) is 11.8. The summed E-state index contributed by atoms with van der Waals surface area (Å²) in [6.45, 7) is 0.802. The molecule has 0 saturated carbocycles. The maximum Gasteiger partial charge on any atom is 0.313 e. The molecule has 2 atom stereocenters. The Labute approximate surface area is 105 Å². The second-order valence-corrected chi connectivity index (χ2v) is 4.24. The van der Waals surface area contributed by atoms with Gasteiger partial charge < -0.3 is 14.8 Å². The van der Waals surface area contributed by atoms with Gasteiger partial charge in [0.1, 0.15) is 12.4 Å². The number of ether oxygens (including phenoxy) is 2. The fraction of sp³-hybridized carbons (Fsp3) is 0.462. The van der Waals surface area contributed by atoms with Crippen LogP contribution in [-0.4, -0.2) is 32.3 Å². The molecule has 1 heterocycles. The van der Waals surface area contributed by atoms with Crippen molar-refractivity contribution in [3.05, 3.63) is 35.6 Å². The Balaban J connectivity index is 1.90. The maximum absolute atomic E-state index is 13.3. The number of carbonyl (C=O) groups excluding carboxylic acids is 1. The Morgan fingerprint density at radius 1 is 1.50 bits per heavy atom. The van der Waals surface area contributed by atoms with Crippen LogP contribution in [0.4, 0.5) is 4.39 Å². The first kappa shape index (κ1) is 13.0. The highest BCUT2D eigenvalue weighted by atomic mass is 19.1. The van der Waals surface area contributed by atoms with E-state index in [1.54, 1.807) is 25.2 Å². The number of hydrogen-bond acceptors (Lipinski definition) is 4. The molecule has 2 rings (SSSR count).